The number of carbonyl (C=O) groups excluding carboxylic acids is 1. The molecule has 1 amide bonds. The van der Waals surface area contributed by atoms with Gasteiger partial charge < -0.3 is 15.6 Å². The van der Waals surface area contributed by atoms with E-state index < -0.39 is 29.0 Å². The number of carboxylic acid groups (broad SMARTS) is 1. The maximum absolute atomic E-state index is 11.4. The van der Waals surface area contributed by atoms with Gasteiger partial charge >= 0.3 is 12.1 Å². The van der Waals surface area contributed by atoms with E-state index in [-0.39, 0.29) is 0 Å². The minimum atomic E-state index is -1.19. The number of allylic oxidation sites excluding steroid dienone is 1. The van der Waals surface area contributed by atoms with Gasteiger partial charge in [0.1, 0.15) is 5.92 Å². The molecular weight excluding hydrogens is 234 g/mol. The van der Waals surface area contributed by atoms with Crippen molar-refractivity contribution in [2.24, 2.45) is 17.1 Å². The topological polar surface area (TPSA) is 89.6 Å². The van der Waals surface area contributed by atoms with Crippen LogP contribution in [0, 0.1) is 11.3 Å². The second-order valence-electron chi connectivity index (χ2n) is 5.88. The molecule has 1 aliphatic carbocycles. The Balaban J connectivity index is 3.38. The Morgan fingerprint density at radius 1 is 1.50 bits per heavy atom. The molecule has 0 heterocycles. The molecule has 0 aliphatic heterocycles. The Bertz CT molecular complexity index is 394. The molecule has 5 nitrogen and oxygen atoms in total. The third-order valence-corrected chi connectivity index (χ3v) is 3.55. The smallest absolute Gasteiger partial charge is 0.405 e. The van der Waals surface area contributed by atoms with Gasteiger partial charge in [0.25, 0.3) is 0 Å². The van der Waals surface area contributed by atoms with Crippen molar-refractivity contribution in [1.82, 2.24) is 0 Å². The molecule has 0 saturated carbocycles. The zero-order valence-electron chi connectivity index (χ0n) is 11.3. The van der Waals surface area contributed by atoms with Crippen molar-refractivity contribution in [2.75, 3.05) is 0 Å². The summed E-state index contributed by atoms with van der Waals surface area (Å²) >= 11 is 0. The second kappa shape index (κ2) is 4.63. The molecule has 0 aromatic rings. The van der Waals surface area contributed by atoms with Gasteiger partial charge in [-0.3, -0.25) is 4.79 Å². The van der Waals surface area contributed by atoms with Gasteiger partial charge in [-0.15, -0.1) is 0 Å². The lowest BCUT2D eigenvalue weighted by molar-refractivity contribution is -0.157. The van der Waals surface area contributed by atoms with Crippen molar-refractivity contribution in [3.8, 4) is 0 Å². The highest BCUT2D eigenvalue weighted by Crippen LogP contribution is 2.47. The van der Waals surface area contributed by atoms with Crippen LogP contribution in [0.25, 0.3) is 0 Å². The number of aliphatic carboxylic acids is 1. The van der Waals surface area contributed by atoms with Crippen molar-refractivity contribution in [2.45, 2.75) is 46.1 Å². The molecule has 0 bridgehead atoms. The van der Waals surface area contributed by atoms with Crippen molar-refractivity contribution in [3.05, 3.63) is 11.6 Å². The molecule has 2 atom stereocenters. The van der Waals surface area contributed by atoms with Crippen LogP contribution in [0.4, 0.5) is 4.79 Å². The van der Waals surface area contributed by atoms with Gasteiger partial charge in [0, 0.05) is 5.41 Å². The van der Waals surface area contributed by atoms with Crippen LogP contribution in [0.1, 0.15) is 40.5 Å². The summed E-state index contributed by atoms with van der Waals surface area (Å²) in [7, 11) is 0. The minimum Gasteiger partial charge on any atom is -0.481 e. The fourth-order valence-electron chi connectivity index (χ4n) is 2.59. The fraction of sp³-hybridized carbons (Fsp3) is 0.692. The molecule has 0 spiro atoms. The number of rotatable bonds is 2. The molecule has 102 valence electrons. The molecule has 0 fully saturated rings. The van der Waals surface area contributed by atoms with Crippen molar-refractivity contribution >= 4 is 12.1 Å². The van der Waals surface area contributed by atoms with Crippen LogP contribution in [-0.2, 0) is 9.53 Å². The molecular formula is C13H21NO4. The molecule has 0 aromatic carbocycles. The van der Waals surface area contributed by atoms with Crippen LogP contribution in [0.2, 0.25) is 0 Å². The normalized spacial score (nSPS) is 28.4. The zero-order chi connectivity index (χ0) is 14.1. The minimum absolute atomic E-state index is 0.447. The van der Waals surface area contributed by atoms with Crippen LogP contribution >= 0.6 is 0 Å². The maximum Gasteiger partial charge on any atom is 0.405 e. The summed E-state index contributed by atoms with van der Waals surface area (Å²) in [5.41, 5.74) is 4.41. The van der Waals surface area contributed by atoms with Gasteiger partial charge in [-0.2, -0.15) is 0 Å². The van der Waals surface area contributed by atoms with E-state index in [9.17, 15) is 14.7 Å². The molecule has 5 heteroatoms. The summed E-state index contributed by atoms with van der Waals surface area (Å²) in [5, 5.41) is 9.37. The monoisotopic (exact) mass is 255 g/mol. The third-order valence-electron chi connectivity index (χ3n) is 3.55. The van der Waals surface area contributed by atoms with Crippen molar-refractivity contribution in [3.63, 3.8) is 0 Å². The third kappa shape index (κ3) is 2.49. The number of hydrogen-bond donors (Lipinski definition) is 2. The Hall–Kier alpha value is -1.52. The predicted octanol–water partition coefficient (Wildman–Crippen LogP) is 2.31. The quantitative estimate of drug-likeness (QED) is 0.741. The number of ether oxygens (including phenoxy) is 1. The van der Waals surface area contributed by atoms with Crippen LogP contribution in [-0.4, -0.2) is 22.8 Å². The van der Waals surface area contributed by atoms with Crippen molar-refractivity contribution in [1.29, 1.82) is 0 Å². The van der Waals surface area contributed by atoms with E-state index in [1.54, 1.807) is 6.08 Å². The summed E-state index contributed by atoms with van der Waals surface area (Å²) < 4.78 is 5.27. The Labute approximate surface area is 107 Å². The van der Waals surface area contributed by atoms with Gasteiger partial charge in [-0.25, -0.2) is 4.79 Å². The van der Waals surface area contributed by atoms with Crippen LogP contribution in [0.3, 0.4) is 0 Å². The van der Waals surface area contributed by atoms with Crippen molar-refractivity contribution < 1.29 is 19.4 Å². The average molecular weight is 255 g/mol. The molecule has 2 unspecified atom stereocenters. The first-order chi connectivity index (χ1) is 8.10. The van der Waals surface area contributed by atoms with E-state index >= 15 is 0 Å². The first-order valence-electron chi connectivity index (χ1n) is 6.00. The SMILES string of the molecule is CC1=CC(OC(N)=O)(C(C)(C)C)C(C(=O)O)CC1. The number of carboxylic acids is 1. The van der Waals surface area contributed by atoms with E-state index in [2.05, 4.69) is 0 Å². The fourth-order valence-corrected chi connectivity index (χ4v) is 2.59. The molecule has 0 saturated heterocycles. The zero-order valence-corrected chi connectivity index (χ0v) is 11.3. The van der Waals surface area contributed by atoms with Crippen LogP contribution in [0.15, 0.2) is 11.6 Å². The highest BCUT2D eigenvalue weighted by Gasteiger charge is 2.54. The number of carbonyl (C=O) groups is 2. The first-order valence-corrected chi connectivity index (χ1v) is 6.00. The van der Waals surface area contributed by atoms with E-state index in [4.69, 9.17) is 10.5 Å². The molecule has 18 heavy (non-hydrogen) atoms. The Morgan fingerprint density at radius 3 is 2.44 bits per heavy atom. The first kappa shape index (κ1) is 14.5. The predicted molar refractivity (Wildman–Crippen MR) is 67.0 cm³/mol. The molecule has 3 N–H and O–H groups in total. The molecule has 0 aromatic heterocycles. The average Bonchev–Trinajstić information content (AvgIpc) is 2.13. The second-order valence-corrected chi connectivity index (χ2v) is 5.88. The maximum atomic E-state index is 11.4. The summed E-state index contributed by atoms with van der Waals surface area (Å²) in [4.78, 5) is 22.6. The number of amides is 1. The summed E-state index contributed by atoms with van der Waals surface area (Å²) in [6.07, 6.45) is 1.95. The van der Waals surface area contributed by atoms with Gasteiger partial charge in [-0.1, -0.05) is 26.3 Å². The number of hydrogen-bond acceptors (Lipinski definition) is 3. The van der Waals surface area contributed by atoms with Gasteiger partial charge in [-0.05, 0) is 25.8 Å². The molecule has 0 radical (unpaired) electrons. The van der Waals surface area contributed by atoms with E-state index in [0.717, 1.165) is 5.57 Å². The van der Waals surface area contributed by atoms with Gasteiger partial charge in [0.2, 0.25) is 0 Å². The van der Waals surface area contributed by atoms with E-state index in [1.165, 1.54) is 0 Å². The van der Waals surface area contributed by atoms with Crippen LogP contribution in [0.5, 0.6) is 0 Å². The highest BCUT2D eigenvalue weighted by atomic mass is 16.6. The van der Waals surface area contributed by atoms with E-state index in [0.29, 0.717) is 12.8 Å². The summed E-state index contributed by atoms with van der Waals surface area (Å²) in [6, 6.07) is 0. The van der Waals surface area contributed by atoms with Crippen LogP contribution < -0.4 is 5.73 Å². The largest absolute Gasteiger partial charge is 0.481 e. The van der Waals surface area contributed by atoms with Gasteiger partial charge in [0.15, 0.2) is 5.60 Å². The number of nitrogens with two attached hydrogens (primary N) is 1. The highest BCUT2D eigenvalue weighted by molar-refractivity contribution is 5.75. The number of primary amides is 1. The lowest BCUT2D eigenvalue weighted by Gasteiger charge is -2.47. The Morgan fingerprint density at radius 2 is 2.06 bits per heavy atom. The van der Waals surface area contributed by atoms with E-state index in [1.807, 2.05) is 27.7 Å². The van der Waals surface area contributed by atoms with Gasteiger partial charge in [0.05, 0.1) is 0 Å². The standard InChI is InChI=1S/C13H21NO4/c1-8-5-6-9(10(15)16)13(7-8,12(2,3)4)18-11(14)17/h7,9H,5-6H2,1-4H3,(H2,14,17)(H,15,16). The lowest BCUT2D eigenvalue weighted by atomic mass is 9.64. The molecule has 1 rings (SSSR count). The summed E-state index contributed by atoms with van der Waals surface area (Å²) in [5.74, 6) is -1.73. The summed E-state index contributed by atoms with van der Waals surface area (Å²) in [6.45, 7) is 7.45. The Kier molecular flexibility index (Phi) is 3.74. The molecule has 1 aliphatic rings. The lowest BCUT2D eigenvalue weighted by Crippen LogP contribution is -2.56.